The standard InChI is InChI=1S/C11H14N4O/c12-4-5-13-9-7-14-15(8-9)10-2-1-3-11(16)6-10/h1-3,6-8,13,16H,4-5,12H2. The summed E-state index contributed by atoms with van der Waals surface area (Å²) in [6.45, 7) is 1.29. The second-order valence-corrected chi connectivity index (χ2v) is 3.41. The molecular formula is C11H14N4O. The number of benzene rings is 1. The van der Waals surface area contributed by atoms with Crippen LogP contribution in [0.15, 0.2) is 36.7 Å². The Morgan fingerprint density at radius 3 is 3.06 bits per heavy atom. The van der Waals surface area contributed by atoms with Gasteiger partial charge in [0.15, 0.2) is 0 Å². The van der Waals surface area contributed by atoms with Crippen LogP contribution in [-0.2, 0) is 0 Å². The van der Waals surface area contributed by atoms with E-state index in [1.807, 2.05) is 12.3 Å². The Kier molecular flexibility index (Phi) is 3.07. The van der Waals surface area contributed by atoms with Gasteiger partial charge in [-0.05, 0) is 12.1 Å². The third kappa shape index (κ3) is 2.32. The molecule has 4 N–H and O–H groups in total. The van der Waals surface area contributed by atoms with E-state index < -0.39 is 0 Å². The third-order valence-corrected chi connectivity index (χ3v) is 2.15. The molecule has 0 saturated carbocycles. The Morgan fingerprint density at radius 1 is 1.44 bits per heavy atom. The minimum Gasteiger partial charge on any atom is -0.508 e. The summed E-state index contributed by atoms with van der Waals surface area (Å²) in [7, 11) is 0. The molecule has 0 fully saturated rings. The minimum absolute atomic E-state index is 0.226. The fraction of sp³-hybridized carbons (Fsp3) is 0.182. The van der Waals surface area contributed by atoms with E-state index in [0.717, 1.165) is 11.4 Å². The molecule has 2 rings (SSSR count). The molecule has 0 aliphatic rings. The molecule has 0 aliphatic heterocycles. The molecule has 5 nitrogen and oxygen atoms in total. The Labute approximate surface area is 93.5 Å². The maximum absolute atomic E-state index is 9.35. The summed E-state index contributed by atoms with van der Waals surface area (Å²) >= 11 is 0. The van der Waals surface area contributed by atoms with Crippen LogP contribution in [0, 0.1) is 0 Å². The van der Waals surface area contributed by atoms with Crippen molar-refractivity contribution in [1.29, 1.82) is 0 Å². The molecule has 84 valence electrons. The number of nitrogens with zero attached hydrogens (tertiary/aromatic N) is 2. The van der Waals surface area contributed by atoms with Gasteiger partial charge in [-0.2, -0.15) is 5.10 Å². The van der Waals surface area contributed by atoms with Crippen LogP contribution in [0.1, 0.15) is 0 Å². The van der Waals surface area contributed by atoms with Gasteiger partial charge in [-0.1, -0.05) is 6.07 Å². The molecule has 0 unspecified atom stereocenters. The molecule has 1 aromatic heterocycles. The number of nitrogens with two attached hydrogens (primary N) is 1. The van der Waals surface area contributed by atoms with Crippen LogP contribution in [0.25, 0.3) is 5.69 Å². The first-order chi connectivity index (χ1) is 7.79. The van der Waals surface area contributed by atoms with Crippen LogP contribution >= 0.6 is 0 Å². The van der Waals surface area contributed by atoms with Crippen LogP contribution in [0.2, 0.25) is 0 Å². The average molecular weight is 218 g/mol. The van der Waals surface area contributed by atoms with E-state index in [0.29, 0.717) is 13.1 Å². The Balaban J connectivity index is 2.18. The average Bonchev–Trinajstić information content (AvgIpc) is 2.75. The zero-order valence-electron chi connectivity index (χ0n) is 8.80. The van der Waals surface area contributed by atoms with Gasteiger partial charge < -0.3 is 16.2 Å². The first-order valence-electron chi connectivity index (χ1n) is 5.07. The van der Waals surface area contributed by atoms with Crippen molar-refractivity contribution in [2.24, 2.45) is 5.73 Å². The highest BCUT2D eigenvalue weighted by molar-refractivity contribution is 5.44. The van der Waals surface area contributed by atoms with Gasteiger partial charge in [-0.15, -0.1) is 0 Å². The van der Waals surface area contributed by atoms with Crippen molar-refractivity contribution in [3.05, 3.63) is 36.7 Å². The van der Waals surface area contributed by atoms with Gasteiger partial charge in [0.2, 0.25) is 0 Å². The highest BCUT2D eigenvalue weighted by atomic mass is 16.3. The molecular weight excluding hydrogens is 204 g/mol. The molecule has 0 bridgehead atoms. The highest BCUT2D eigenvalue weighted by Crippen LogP contribution is 2.16. The predicted octanol–water partition coefficient (Wildman–Crippen LogP) is 0.948. The van der Waals surface area contributed by atoms with Gasteiger partial charge in [0, 0.05) is 19.2 Å². The molecule has 0 radical (unpaired) electrons. The van der Waals surface area contributed by atoms with Gasteiger partial charge in [0.1, 0.15) is 5.75 Å². The lowest BCUT2D eigenvalue weighted by molar-refractivity contribution is 0.475. The summed E-state index contributed by atoms with van der Waals surface area (Å²) in [6.07, 6.45) is 3.57. The van der Waals surface area contributed by atoms with Gasteiger partial charge in [0.25, 0.3) is 0 Å². The fourth-order valence-electron chi connectivity index (χ4n) is 1.41. The summed E-state index contributed by atoms with van der Waals surface area (Å²) in [5, 5.41) is 16.7. The molecule has 1 heterocycles. The Morgan fingerprint density at radius 2 is 2.31 bits per heavy atom. The van der Waals surface area contributed by atoms with Crippen molar-refractivity contribution in [2.75, 3.05) is 18.4 Å². The number of aromatic nitrogens is 2. The zero-order chi connectivity index (χ0) is 11.4. The third-order valence-electron chi connectivity index (χ3n) is 2.15. The van der Waals surface area contributed by atoms with E-state index in [1.165, 1.54) is 0 Å². The van der Waals surface area contributed by atoms with Crippen LogP contribution in [0.3, 0.4) is 0 Å². The van der Waals surface area contributed by atoms with Crippen LogP contribution in [-0.4, -0.2) is 28.0 Å². The second kappa shape index (κ2) is 4.67. The maximum atomic E-state index is 9.35. The van der Waals surface area contributed by atoms with E-state index in [1.54, 1.807) is 29.1 Å². The van der Waals surface area contributed by atoms with E-state index in [2.05, 4.69) is 10.4 Å². The zero-order valence-corrected chi connectivity index (χ0v) is 8.80. The first kappa shape index (κ1) is 10.5. The number of hydrogen-bond acceptors (Lipinski definition) is 4. The molecule has 0 amide bonds. The van der Waals surface area contributed by atoms with Gasteiger partial charge >= 0.3 is 0 Å². The summed E-state index contributed by atoms with van der Waals surface area (Å²) in [6, 6.07) is 6.93. The monoisotopic (exact) mass is 218 g/mol. The van der Waals surface area contributed by atoms with Gasteiger partial charge in [-0.3, -0.25) is 0 Å². The van der Waals surface area contributed by atoms with Crippen LogP contribution in [0.5, 0.6) is 5.75 Å². The summed E-state index contributed by atoms with van der Waals surface area (Å²) in [4.78, 5) is 0. The van der Waals surface area contributed by atoms with Gasteiger partial charge in [0.05, 0.1) is 23.8 Å². The number of hydrogen-bond donors (Lipinski definition) is 3. The number of phenolic OH excluding ortho intramolecular Hbond substituents is 1. The van der Waals surface area contributed by atoms with Crippen molar-refractivity contribution in [3.63, 3.8) is 0 Å². The molecule has 1 aromatic carbocycles. The molecule has 0 spiro atoms. The lowest BCUT2D eigenvalue weighted by Gasteiger charge is -2.01. The first-order valence-corrected chi connectivity index (χ1v) is 5.07. The number of phenols is 1. The Hall–Kier alpha value is -2.01. The van der Waals surface area contributed by atoms with E-state index in [9.17, 15) is 5.11 Å². The van der Waals surface area contributed by atoms with E-state index >= 15 is 0 Å². The lowest BCUT2D eigenvalue weighted by atomic mass is 10.3. The topological polar surface area (TPSA) is 76.1 Å². The number of rotatable bonds is 4. The number of aromatic hydroxyl groups is 1. The van der Waals surface area contributed by atoms with Crippen molar-refractivity contribution in [3.8, 4) is 11.4 Å². The molecule has 5 heteroatoms. The van der Waals surface area contributed by atoms with Gasteiger partial charge in [-0.25, -0.2) is 4.68 Å². The van der Waals surface area contributed by atoms with Crippen molar-refractivity contribution < 1.29 is 5.11 Å². The summed E-state index contributed by atoms with van der Waals surface area (Å²) in [5.74, 6) is 0.226. The number of nitrogens with one attached hydrogen (secondary N) is 1. The van der Waals surface area contributed by atoms with Crippen LogP contribution in [0.4, 0.5) is 5.69 Å². The van der Waals surface area contributed by atoms with Crippen LogP contribution < -0.4 is 11.1 Å². The normalized spacial score (nSPS) is 10.3. The minimum atomic E-state index is 0.226. The van der Waals surface area contributed by atoms with Crippen molar-refractivity contribution in [2.45, 2.75) is 0 Å². The molecule has 16 heavy (non-hydrogen) atoms. The van der Waals surface area contributed by atoms with E-state index in [4.69, 9.17) is 5.73 Å². The second-order valence-electron chi connectivity index (χ2n) is 3.41. The lowest BCUT2D eigenvalue weighted by Crippen LogP contribution is -2.12. The fourth-order valence-corrected chi connectivity index (χ4v) is 1.41. The molecule has 0 atom stereocenters. The smallest absolute Gasteiger partial charge is 0.117 e. The largest absolute Gasteiger partial charge is 0.508 e. The van der Waals surface area contributed by atoms with Crippen molar-refractivity contribution in [1.82, 2.24) is 9.78 Å². The summed E-state index contributed by atoms with van der Waals surface area (Å²) in [5.41, 5.74) is 7.12. The maximum Gasteiger partial charge on any atom is 0.117 e. The summed E-state index contributed by atoms with van der Waals surface area (Å²) < 4.78 is 1.69. The highest BCUT2D eigenvalue weighted by Gasteiger charge is 2.00. The number of anilines is 1. The Bertz CT molecular complexity index is 467. The molecule has 0 saturated heterocycles. The van der Waals surface area contributed by atoms with E-state index in [-0.39, 0.29) is 5.75 Å². The molecule has 2 aromatic rings. The SMILES string of the molecule is NCCNc1cnn(-c2cccc(O)c2)c1. The molecule has 0 aliphatic carbocycles. The quantitative estimate of drug-likeness (QED) is 0.714. The van der Waals surface area contributed by atoms with Crippen molar-refractivity contribution >= 4 is 5.69 Å². The predicted molar refractivity (Wildman–Crippen MR) is 62.8 cm³/mol.